The molecule has 0 amide bonds. The van der Waals surface area contributed by atoms with Gasteiger partial charge in [0, 0.05) is 0 Å². The molecule has 77 heavy (non-hydrogen) atoms. The van der Waals surface area contributed by atoms with Crippen LogP contribution in [0.25, 0.3) is 89.7 Å². The average Bonchev–Trinajstić information content (AvgIpc) is 4.36. The van der Waals surface area contributed by atoms with Crippen molar-refractivity contribution in [3.8, 4) is 45.6 Å². The molecule has 3 aromatic heterocycles. The van der Waals surface area contributed by atoms with E-state index < -0.39 is 15.0 Å². The minimum absolute atomic E-state index is 0.288. The normalized spacial score (nSPS) is 18.2. The average molecular weight is 1100 g/mol. The number of rotatable bonds is 17. The zero-order valence-corrected chi connectivity index (χ0v) is 46.5. The van der Waals surface area contributed by atoms with E-state index in [1.54, 1.807) is 0 Å². The summed E-state index contributed by atoms with van der Waals surface area (Å²) in [5.41, 5.74) is 5.69. The van der Waals surface area contributed by atoms with Crippen LogP contribution in [0.5, 0.6) is 0 Å². The SMILES string of the molecule is c1ccc2c(c1)-c1nc-2nc2[nH]c(nc3nc(nc4[nH]c(n1)c1ccccc41)-c1ccccc1-3)c1[c]([Zn]([O]CCN3CCOCC3)([O]CCN3CCOCC3)([O]CCN3CCOCC3)[O]CCN3CCOCC3)cccc21. The predicted octanol–water partition coefficient (Wildman–Crippen LogP) is 5.24. The van der Waals surface area contributed by atoms with Gasteiger partial charge in [-0.15, -0.1) is 0 Å². The summed E-state index contributed by atoms with van der Waals surface area (Å²) in [4.78, 5) is 48.7. The van der Waals surface area contributed by atoms with E-state index in [-0.39, 0.29) is 26.4 Å². The number of hydrogen-bond donors (Lipinski definition) is 2. The molecule has 4 aromatic carbocycles. The first-order valence-corrected chi connectivity index (χ1v) is 34.0. The molecular weight excluding hydrogens is 1030 g/mol. The Labute approximate surface area is 448 Å². The number of H-pyrrole nitrogens is 2. The van der Waals surface area contributed by atoms with E-state index >= 15 is 0 Å². The van der Waals surface area contributed by atoms with E-state index in [0.717, 1.165) is 90.8 Å². The standard InChI is InChI=1S/C32H17N8.4C6H12NO2.Zn/c1-2-10-18-17(9-1)25-33-26(18)38-28-21-13-5-6-14-22(21)30(35-28)40-32-24-16-8-7-15-23(24)31(36-32)39-29-20-12-4-3-11-19(20)27(34-29)37-25;4*8-4-1-7-2-5-9-6-3-7;/h1-15H,(H2,33,34,35,36,37,38,39,40);4*1-6H2;/q;4*-1;+4. The van der Waals surface area contributed by atoms with Crippen LogP contribution in [0.2, 0.25) is 0 Å². The number of nitrogens with zero attached hydrogens (tertiary/aromatic N) is 10. The number of hydrogen-bond acceptors (Lipinski definition) is 18. The maximum absolute atomic E-state index is 7.75. The van der Waals surface area contributed by atoms with Gasteiger partial charge in [0.15, 0.2) is 0 Å². The summed E-state index contributed by atoms with van der Waals surface area (Å²) in [5, 5.41) is 3.30. The van der Waals surface area contributed by atoms with Crippen LogP contribution in [0.15, 0.2) is 91.0 Å². The third-order valence-corrected chi connectivity index (χ3v) is 28.5. The Hall–Kier alpha value is -5.62. The Morgan fingerprint density at radius 2 is 0.675 bits per heavy atom. The first-order chi connectivity index (χ1) is 38.1. The molecule has 2 N–H and O–H groups in total. The van der Waals surface area contributed by atoms with Crippen molar-refractivity contribution >= 4 is 48.3 Å². The fraction of sp³-hybridized carbons (Fsp3) is 0.429. The molecule has 0 unspecified atom stereocenters. The van der Waals surface area contributed by atoms with Gasteiger partial charge in [-0.05, 0) is 0 Å². The van der Waals surface area contributed by atoms with Gasteiger partial charge in [0.2, 0.25) is 0 Å². The van der Waals surface area contributed by atoms with Crippen LogP contribution in [-0.2, 0) is 48.2 Å². The molecule has 7 aromatic rings. The number of benzene rings is 4. The van der Waals surface area contributed by atoms with Crippen LogP contribution in [0.1, 0.15) is 0 Å². The molecule has 13 rings (SSSR count). The Balaban J connectivity index is 1.07. The van der Waals surface area contributed by atoms with Crippen molar-refractivity contribution in [2.24, 2.45) is 0 Å². The van der Waals surface area contributed by atoms with E-state index in [4.69, 9.17) is 63.1 Å². The Kier molecular flexibility index (Phi) is 14.9. The summed E-state index contributed by atoms with van der Waals surface area (Å²) in [6.45, 7) is 15.2. The number of aromatic nitrogens is 8. The molecular formula is C56H65N12O8Zn. The number of aromatic amines is 2. The van der Waals surface area contributed by atoms with Gasteiger partial charge in [0.25, 0.3) is 0 Å². The zero-order chi connectivity index (χ0) is 51.5. The van der Waals surface area contributed by atoms with Crippen molar-refractivity contribution in [3.63, 3.8) is 0 Å². The molecule has 0 spiro atoms. The van der Waals surface area contributed by atoms with Crippen LogP contribution in [-0.4, -0.2) is 217 Å². The molecule has 20 nitrogen and oxygen atoms in total. The molecule has 0 aliphatic carbocycles. The fourth-order valence-electron chi connectivity index (χ4n) is 12.1. The second-order valence-electron chi connectivity index (χ2n) is 20.8. The van der Waals surface area contributed by atoms with E-state index in [1.165, 1.54) is 0 Å². The van der Waals surface area contributed by atoms with Gasteiger partial charge < -0.3 is 0 Å². The van der Waals surface area contributed by atoms with Gasteiger partial charge in [-0.2, -0.15) is 0 Å². The van der Waals surface area contributed by atoms with Crippen molar-refractivity contribution in [3.05, 3.63) is 91.0 Å². The minimum atomic E-state index is -6.63. The molecule has 0 radical (unpaired) electrons. The van der Waals surface area contributed by atoms with Gasteiger partial charge in [-0.3, -0.25) is 0 Å². The van der Waals surface area contributed by atoms with Crippen LogP contribution in [0.3, 0.4) is 0 Å². The summed E-state index contributed by atoms with van der Waals surface area (Å²) in [5.74, 6) is 2.04. The molecule has 4 saturated heterocycles. The Morgan fingerprint density at radius 1 is 0.364 bits per heavy atom. The van der Waals surface area contributed by atoms with E-state index in [9.17, 15) is 0 Å². The van der Waals surface area contributed by atoms with E-state index in [1.807, 2.05) is 78.9 Å². The molecule has 6 aliphatic heterocycles. The van der Waals surface area contributed by atoms with Crippen LogP contribution in [0.4, 0.5) is 0 Å². The Morgan fingerprint density at radius 3 is 1.05 bits per heavy atom. The Bertz CT molecular complexity index is 3300. The molecule has 6 aliphatic rings. The van der Waals surface area contributed by atoms with Crippen LogP contribution >= 0.6 is 0 Å². The zero-order valence-electron chi connectivity index (χ0n) is 43.6. The van der Waals surface area contributed by atoms with E-state index in [0.29, 0.717) is 134 Å². The molecule has 0 atom stereocenters. The fourth-order valence-corrected chi connectivity index (χ4v) is 23.8. The summed E-state index contributed by atoms with van der Waals surface area (Å²) < 4.78 is 54.9. The third kappa shape index (κ3) is 10.5. The van der Waals surface area contributed by atoms with Crippen molar-refractivity contribution in [2.45, 2.75) is 0 Å². The van der Waals surface area contributed by atoms with E-state index in [2.05, 4.69) is 41.7 Å². The predicted molar refractivity (Wildman–Crippen MR) is 289 cm³/mol. The van der Waals surface area contributed by atoms with Gasteiger partial charge in [0.05, 0.1) is 0 Å². The quantitative estimate of drug-likeness (QED) is 0.112. The number of morpholine rings is 4. The molecule has 9 heterocycles. The monoisotopic (exact) mass is 1100 g/mol. The summed E-state index contributed by atoms with van der Waals surface area (Å²) >= 11 is -6.63. The van der Waals surface area contributed by atoms with Crippen molar-refractivity contribution in [1.29, 1.82) is 0 Å². The molecule has 4 fully saturated rings. The van der Waals surface area contributed by atoms with Crippen molar-refractivity contribution in [1.82, 2.24) is 59.5 Å². The topological polar surface area (TPSA) is 196 Å². The number of ether oxygens (including phenoxy) is 4. The van der Waals surface area contributed by atoms with Gasteiger partial charge in [0.1, 0.15) is 0 Å². The first kappa shape index (κ1) is 50.9. The summed E-state index contributed by atoms with van der Waals surface area (Å²) in [6.07, 6.45) is 0. The molecule has 21 heteroatoms. The number of fused-ring (bicyclic) bond motifs is 20. The maximum atomic E-state index is 7.75. The van der Waals surface area contributed by atoms with Crippen LogP contribution in [0, 0.1) is 0 Å². The molecule has 0 saturated carbocycles. The first-order valence-electron chi connectivity index (χ1n) is 27.7. The van der Waals surface area contributed by atoms with Crippen molar-refractivity contribution < 1.29 is 48.2 Å². The molecule has 399 valence electrons. The number of nitrogens with one attached hydrogen (secondary N) is 2. The summed E-state index contributed by atoms with van der Waals surface area (Å²) in [6, 6.07) is 30.5. The second kappa shape index (κ2) is 22.6. The molecule has 8 bridgehead atoms. The van der Waals surface area contributed by atoms with Gasteiger partial charge >= 0.3 is 444 Å². The third-order valence-electron chi connectivity index (χ3n) is 16.3. The van der Waals surface area contributed by atoms with Gasteiger partial charge in [-0.1, -0.05) is 6.07 Å². The second-order valence-corrected chi connectivity index (χ2v) is 31.2. The van der Waals surface area contributed by atoms with Crippen LogP contribution < -0.4 is 4.16 Å². The summed E-state index contributed by atoms with van der Waals surface area (Å²) in [7, 11) is 0. The van der Waals surface area contributed by atoms with Crippen molar-refractivity contribution in [2.75, 3.05) is 158 Å². The van der Waals surface area contributed by atoms with Gasteiger partial charge in [-0.25, -0.2) is 0 Å².